The molecule has 0 fully saturated rings. The summed E-state index contributed by atoms with van der Waals surface area (Å²) in [4.78, 5) is 0. The zero-order chi connectivity index (χ0) is 18.3. The Bertz CT molecular complexity index is 1050. The van der Waals surface area contributed by atoms with Crippen molar-refractivity contribution in [3.05, 3.63) is 125 Å². The van der Waals surface area contributed by atoms with E-state index in [1.165, 1.54) is 16.7 Å². The lowest BCUT2D eigenvalue weighted by Crippen LogP contribution is -2.23. The highest BCUT2D eigenvalue weighted by Gasteiger charge is 2.57. The highest BCUT2D eigenvalue weighted by Crippen LogP contribution is 2.66. The average molecular weight is 366 g/mol. The lowest BCUT2D eigenvalue weighted by atomic mass is 9.73. The maximum Gasteiger partial charge on any atom is 0.189 e. The van der Waals surface area contributed by atoms with Gasteiger partial charge in [0, 0.05) is 16.1 Å². The highest BCUT2D eigenvalue weighted by atomic mass is 31.1. The van der Waals surface area contributed by atoms with Gasteiger partial charge >= 0.3 is 0 Å². The van der Waals surface area contributed by atoms with Gasteiger partial charge in [-0.3, -0.25) is 4.57 Å². The van der Waals surface area contributed by atoms with E-state index in [2.05, 4.69) is 91.0 Å². The van der Waals surface area contributed by atoms with Crippen molar-refractivity contribution in [2.75, 3.05) is 0 Å². The molecular weight excluding hydrogens is 347 g/mol. The van der Waals surface area contributed by atoms with E-state index in [4.69, 9.17) is 0 Å². The molecule has 2 unspecified atom stereocenters. The Morgan fingerprint density at radius 2 is 1.11 bits per heavy atom. The van der Waals surface area contributed by atoms with Gasteiger partial charge in [-0.2, -0.15) is 0 Å². The molecule has 2 bridgehead atoms. The van der Waals surface area contributed by atoms with Crippen LogP contribution in [0.1, 0.15) is 23.1 Å². The predicted octanol–water partition coefficient (Wildman–Crippen LogP) is 6.54. The maximum atomic E-state index is 12.5. The molecule has 0 aliphatic heterocycles. The van der Waals surface area contributed by atoms with Gasteiger partial charge in [0.25, 0.3) is 0 Å². The van der Waals surface area contributed by atoms with Crippen LogP contribution in [-0.4, -0.2) is 0 Å². The van der Waals surface area contributed by atoms with E-state index in [0.29, 0.717) is 0 Å². The lowest BCUT2D eigenvalue weighted by molar-refractivity contribution is 0.568. The van der Waals surface area contributed by atoms with E-state index in [-0.39, 0.29) is 19.3 Å². The molecule has 5 rings (SSSR count). The minimum absolute atomic E-state index is 0.0996. The van der Waals surface area contributed by atoms with Gasteiger partial charge in [0.1, 0.15) is 0 Å². The zero-order valence-corrected chi connectivity index (χ0v) is 15.8. The third-order valence-electron chi connectivity index (χ3n) is 6.05. The molecule has 3 aromatic rings. The Labute approximate surface area is 161 Å². The van der Waals surface area contributed by atoms with Gasteiger partial charge in [0.05, 0.1) is 0 Å². The Kier molecular flexibility index (Phi) is 3.74. The molecule has 0 N–H and O–H groups in total. The lowest BCUT2D eigenvalue weighted by Gasteiger charge is -2.29. The van der Waals surface area contributed by atoms with Crippen molar-refractivity contribution in [1.82, 2.24) is 0 Å². The predicted molar refractivity (Wildman–Crippen MR) is 111 cm³/mol. The van der Waals surface area contributed by atoms with E-state index in [9.17, 15) is 4.57 Å². The number of fused-ring (bicyclic) bond motifs is 2. The molecule has 0 aromatic heterocycles. The standard InChI is InChI=1S/C25H19OP/c26-27-23-22(19-10-4-1-5-11-19)24(20-12-6-2-7-13-20)16-17-25(23,18-24)21-14-8-3-9-15-21/h1-17H,18H2. The molecule has 0 saturated carbocycles. The fraction of sp³-hybridized carbons (Fsp3) is 0.120. The Hall–Kier alpha value is -2.76. The molecule has 2 aliphatic carbocycles. The van der Waals surface area contributed by atoms with Crippen LogP contribution in [0.5, 0.6) is 0 Å². The summed E-state index contributed by atoms with van der Waals surface area (Å²) in [5, 5.41) is 0.992. The van der Waals surface area contributed by atoms with Crippen molar-refractivity contribution < 1.29 is 4.57 Å². The van der Waals surface area contributed by atoms with Crippen molar-refractivity contribution in [2.45, 2.75) is 17.3 Å². The Balaban J connectivity index is 1.83. The van der Waals surface area contributed by atoms with Crippen molar-refractivity contribution in [3.8, 4) is 0 Å². The molecular formula is C25H19OP. The molecule has 1 nitrogen and oxygen atoms in total. The van der Waals surface area contributed by atoms with E-state index in [1.807, 2.05) is 12.1 Å². The van der Waals surface area contributed by atoms with Crippen molar-refractivity contribution in [2.24, 2.45) is 0 Å². The van der Waals surface area contributed by atoms with E-state index < -0.39 is 0 Å². The van der Waals surface area contributed by atoms with Crippen molar-refractivity contribution >= 4 is 14.0 Å². The van der Waals surface area contributed by atoms with Crippen LogP contribution >= 0.6 is 8.46 Å². The van der Waals surface area contributed by atoms with E-state index in [0.717, 1.165) is 17.3 Å². The second-order valence-corrected chi connectivity index (χ2v) is 8.00. The minimum atomic E-state index is -0.314. The number of benzene rings is 3. The van der Waals surface area contributed by atoms with Crippen molar-refractivity contribution in [3.63, 3.8) is 0 Å². The molecule has 0 radical (unpaired) electrons. The maximum absolute atomic E-state index is 12.5. The molecule has 3 aromatic carbocycles. The third kappa shape index (κ3) is 2.25. The Morgan fingerprint density at radius 1 is 0.630 bits per heavy atom. The van der Waals surface area contributed by atoms with Crippen LogP contribution in [-0.2, 0) is 15.4 Å². The second-order valence-electron chi connectivity index (χ2n) is 7.37. The van der Waals surface area contributed by atoms with Gasteiger partial charge in [-0.25, -0.2) is 0 Å². The topological polar surface area (TPSA) is 17.1 Å². The first-order valence-corrected chi connectivity index (χ1v) is 10.1. The summed E-state index contributed by atoms with van der Waals surface area (Å²) in [6.45, 7) is 0. The van der Waals surface area contributed by atoms with Gasteiger partial charge in [0.2, 0.25) is 0 Å². The molecule has 0 saturated heterocycles. The average Bonchev–Trinajstić information content (AvgIpc) is 3.30. The monoisotopic (exact) mass is 366 g/mol. The van der Waals surface area contributed by atoms with Crippen molar-refractivity contribution in [1.29, 1.82) is 0 Å². The van der Waals surface area contributed by atoms with Gasteiger partial charge in [-0.1, -0.05) is 103 Å². The molecule has 0 heterocycles. The Morgan fingerprint density at radius 3 is 1.67 bits per heavy atom. The number of allylic oxidation sites excluding steroid dienone is 4. The summed E-state index contributed by atoms with van der Waals surface area (Å²) in [7, 11) is 0.0996. The van der Waals surface area contributed by atoms with Gasteiger partial charge in [-0.05, 0) is 28.7 Å². The molecule has 27 heavy (non-hydrogen) atoms. The quantitative estimate of drug-likeness (QED) is 0.378. The SMILES string of the molecule is O=PC1=C(c2ccccc2)C2(c3ccccc3)C=CC1(c1ccccc1)C2. The van der Waals surface area contributed by atoms with E-state index >= 15 is 0 Å². The van der Waals surface area contributed by atoms with Crippen LogP contribution in [0.15, 0.2) is 108 Å². The van der Waals surface area contributed by atoms with Gasteiger partial charge in [0.15, 0.2) is 8.46 Å². The summed E-state index contributed by atoms with van der Waals surface area (Å²) in [6.07, 6.45) is 5.51. The molecule has 2 aliphatic rings. The number of rotatable bonds is 4. The smallest absolute Gasteiger partial charge is 0.189 e. The number of hydrogen-bond acceptors (Lipinski definition) is 1. The first-order chi connectivity index (χ1) is 13.3. The summed E-state index contributed by atoms with van der Waals surface area (Å²) in [5.74, 6) is 0. The van der Waals surface area contributed by atoms with Crippen LogP contribution < -0.4 is 0 Å². The summed E-state index contributed by atoms with van der Waals surface area (Å²) in [5.41, 5.74) is 4.26. The summed E-state index contributed by atoms with van der Waals surface area (Å²) < 4.78 is 12.5. The fourth-order valence-corrected chi connectivity index (χ4v) is 5.75. The van der Waals surface area contributed by atoms with Gasteiger partial charge in [-0.15, -0.1) is 0 Å². The van der Waals surface area contributed by atoms with Crippen LogP contribution in [0.25, 0.3) is 5.57 Å². The molecule has 2 heteroatoms. The van der Waals surface area contributed by atoms with Crippen LogP contribution in [0, 0.1) is 0 Å². The first kappa shape index (κ1) is 16.4. The molecule has 130 valence electrons. The molecule has 2 atom stereocenters. The summed E-state index contributed by atoms with van der Waals surface area (Å²) in [6, 6.07) is 31.5. The minimum Gasteiger partial charge on any atom is -0.270 e. The molecule has 0 amide bonds. The van der Waals surface area contributed by atoms with E-state index in [1.54, 1.807) is 0 Å². The number of hydrogen-bond donors (Lipinski definition) is 0. The fourth-order valence-electron chi connectivity index (χ4n) is 4.89. The van der Waals surface area contributed by atoms with Crippen LogP contribution in [0.4, 0.5) is 0 Å². The highest BCUT2D eigenvalue weighted by molar-refractivity contribution is 7.30. The molecule has 0 spiro atoms. The third-order valence-corrected chi connectivity index (χ3v) is 6.85. The van der Waals surface area contributed by atoms with Crippen LogP contribution in [0.2, 0.25) is 0 Å². The largest absolute Gasteiger partial charge is 0.270 e. The normalized spacial score (nSPS) is 26.1. The first-order valence-electron chi connectivity index (χ1n) is 9.26. The zero-order valence-electron chi connectivity index (χ0n) is 14.9. The summed E-state index contributed by atoms with van der Waals surface area (Å²) >= 11 is 0. The van der Waals surface area contributed by atoms with Gasteiger partial charge < -0.3 is 0 Å². The second kappa shape index (κ2) is 6.15. The van der Waals surface area contributed by atoms with Crippen LogP contribution in [0.3, 0.4) is 0 Å².